The number of hydrogen-bond acceptors (Lipinski definition) is 5. The third-order valence-corrected chi connectivity index (χ3v) is 2.34. The average Bonchev–Trinajstić information content (AvgIpc) is 2.37. The Hall–Kier alpha value is -1.61. The van der Waals surface area contributed by atoms with E-state index in [1.807, 2.05) is 12.1 Å². The molecule has 9 heteroatoms. The molecule has 0 aliphatic carbocycles. The fraction of sp³-hybridized carbons (Fsp3) is 0. The van der Waals surface area contributed by atoms with Crippen LogP contribution in [0.2, 0.25) is 0 Å². The van der Waals surface area contributed by atoms with Crippen LogP contribution in [0.1, 0.15) is 0 Å². The molecule has 0 fully saturated rings. The molecule has 0 atom stereocenters. The Morgan fingerprint density at radius 1 is 0.810 bits per heavy atom. The Labute approximate surface area is 132 Å². The van der Waals surface area contributed by atoms with Gasteiger partial charge in [-0.1, -0.05) is 24.3 Å². The van der Waals surface area contributed by atoms with Gasteiger partial charge in [-0.3, -0.25) is 19.1 Å². The molecular weight excluding hydrogens is 338 g/mol. The normalized spacial score (nSPS) is 10.0. The van der Waals surface area contributed by atoms with Crippen LogP contribution in [0.3, 0.4) is 0 Å². The molecule has 0 saturated carbocycles. The third-order valence-electron chi connectivity index (χ3n) is 2.34. The third kappa shape index (κ3) is 5.72. The van der Waals surface area contributed by atoms with Gasteiger partial charge in [0, 0.05) is 40.2 Å². The predicted molar refractivity (Wildman–Crippen MR) is 76.2 cm³/mol. The maximum absolute atomic E-state index is 8.74. The first kappa shape index (κ1) is 19.4. The molecule has 1 aromatic carbocycles. The van der Waals surface area contributed by atoms with Crippen molar-refractivity contribution in [3.8, 4) is 0 Å². The monoisotopic (exact) mass is 351 g/mol. The van der Waals surface area contributed by atoms with E-state index in [9.17, 15) is 0 Å². The van der Waals surface area contributed by atoms with E-state index in [-0.39, 0.29) is 23.2 Å². The topological polar surface area (TPSA) is 135 Å². The van der Waals surface area contributed by atoms with Crippen molar-refractivity contribution in [2.75, 3.05) is 0 Å². The molecule has 2 heterocycles. The van der Waals surface area contributed by atoms with Crippen molar-refractivity contribution < 1.29 is 34.6 Å². The summed E-state index contributed by atoms with van der Waals surface area (Å²) in [5, 5.41) is 2.28. The smallest absolute Gasteiger partial charge is 0.344 e. The number of nitrogens with zero attached hydrogens (tertiary/aromatic N) is 2. The van der Waals surface area contributed by atoms with E-state index in [0.717, 1.165) is 21.8 Å². The van der Waals surface area contributed by atoms with Crippen LogP contribution in [-0.4, -0.2) is 27.5 Å². The van der Waals surface area contributed by atoms with Crippen LogP contribution in [0.4, 0.5) is 0 Å². The molecule has 3 aromatic rings. The second-order valence-corrected chi connectivity index (χ2v) is 4.56. The molecule has 2 aromatic heterocycles. The standard InChI is InChI=1S/C12H8N2.Fe.H3N.H2O4S/c1-3-9-5-6-10-4-2-8-14-12(10)11(9)13-7-1;;;1-5(2,3)4/h1-8H;;1H3;(H2,1,2,3,4). The molecule has 0 spiro atoms. The molecule has 0 radical (unpaired) electrons. The summed E-state index contributed by atoms with van der Waals surface area (Å²) in [5.74, 6) is 0. The summed E-state index contributed by atoms with van der Waals surface area (Å²) in [6.45, 7) is 0. The largest absolute Gasteiger partial charge is 0.394 e. The second kappa shape index (κ2) is 7.99. The fourth-order valence-corrected chi connectivity index (χ4v) is 1.68. The van der Waals surface area contributed by atoms with Gasteiger partial charge in [0.15, 0.2) is 0 Å². The molecule has 0 amide bonds. The van der Waals surface area contributed by atoms with E-state index in [1.54, 1.807) is 12.4 Å². The van der Waals surface area contributed by atoms with Gasteiger partial charge in [0.1, 0.15) is 0 Å². The van der Waals surface area contributed by atoms with Crippen LogP contribution in [0.5, 0.6) is 0 Å². The van der Waals surface area contributed by atoms with Crippen LogP contribution in [-0.2, 0) is 27.5 Å². The van der Waals surface area contributed by atoms with Gasteiger partial charge in [-0.2, -0.15) is 8.42 Å². The Morgan fingerprint density at radius 3 is 1.48 bits per heavy atom. The van der Waals surface area contributed by atoms with Gasteiger partial charge in [0.25, 0.3) is 0 Å². The average molecular weight is 351 g/mol. The molecule has 7 nitrogen and oxygen atoms in total. The first-order valence-corrected chi connectivity index (χ1v) is 6.63. The summed E-state index contributed by atoms with van der Waals surface area (Å²) in [7, 11) is -4.67. The van der Waals surface area contributed by atoms with Gasteiger partial charge in [0.2, 0.25) is 0 Å². The van der Waals surface area contributed by atoms with E-state index in [0.29, 0.717) is 0 Å². The van der Waals surface area contributed by atoms with E-state index in [4.69, 9.17) is 17.5 Å². The molecule has 114 valence electrons. The van der Waals surface area contributed by atoms with Crippen molar-refractivity contribution in [1.29, 1.82) is 0 Å². The van der Waals surface area contributed by atoms with Crippen molar-refractivity contribution in [2.24, 2.45) is 0 Å². The van der Waals surface area contributed by atoms with Crippen molar-refractivity contribution in [1.82, 2.24) is 16.1 Å². The van der Waals surface area contributed by atoms with Crippen LogP contribution in [0.15, 0.2) is 48.8 Å². The van der Waals surface area contributed by atoms with Gasteiger partial charge in [0.05, 0.1) is 11.0 Å². The number of aromatic nitrogens is 2. The number of benzene rings is 1. The van der Waals surface area contributed by atoms with E-state index in [2.05, 4.69) is 34.2 Å². The van der Waals surface area contributed by atoms with Gasteiger partial charge < -0.3 is 6.15 Å². The summed E-state index contributed by atoms with van der Waals surface area (Å²) in [6, 6.07) is 12.1. The van der Waals surface area contributed by atoms with Gasteiger partial charge in [-0.15, -0.1) is 0 Å². The van der Waals surface area contributed by atoms with Gasteiger partial charge in [-0.25, -0.2) is 0 Å². The second-order valence-electron chi connectivity index (χ2n) is 3.66. The summed E-state index contributed by atoms with van der Waals surface area (Å²) in [6.07, 6.45) is 3.60. The molecule has 21 heavy (non-hydrogen) atoms. The van der Waals surface area contributed by atoms with Crippen molar-refractivity contribution in [3.05, 3.63) is 48.8 Å². The Bertz CT molecular complexity index is 764. The van der Waals surface area contributed by atoms with Crippen LogP contribution < -0.4 is 6.15 Å². The van der Waals surface area contributed by atoms with Gasteiger partial charge in [-0.05, 0) is 12.1 Å². The number of pyridine rings is 2. The van der Waals surface area contributed by atoms with E-state index >= 15 is 0 Å². The predicted octanol–water partition coefficient (Wildman–Crippen LogP) is 2.29. The Morgan fingerprint density at radius 2 is 1.14 bits per heavy atom. The molecule has 0 unspecified atom stereocenters. The van der Waals surface area contributed by atoms with E-state index < -0.39 is 10.4 Å². The molecular formula is C12H13FeN3O4S. The maximum Gasteiger partial charge on any atom is 0.394 e. The minimum Gasteiger partial charge on any atom is -0.344 e. The molecule has 0 aliphatic heterocycles. The Kier molecular flexibility index (Phi) is 7.37. The van der Waals surface area contributed by atoms with E-state index in [1.165, 1.54) is 0 Å². The minimum atomic E-state index is -4.67. The zero-order valence-corrected chi connectivity index (χ0v) is 12.6. The first-order valence-electron chi connectivity index (χ1n) is 5.23. The summed E-state index contributed by atoms with van der Waals surface area (Å²) >= 11 is 0. The minimum absolute atomic E-state index is 0. The number of hydrogen-bond donors (Lipinski definition) is 3. The maximum atomic E-state index is 8.74. The molecule has 0 aliphatic rings. The zero-order valence-electron chi connectivity index (χ0n) is 10.7. The van der Waals surface area contributed by atoms with Crippen molar-refractivity contribution >= 4 is 32.2 Å². The number of fused-ring (bicyclic) bond motifs is 3. The summed E-state index contributed by atoms with van der Waals surface area (Å²) in [4.78, 5) is 8.69. The van der Waals surface area contributed by atoms with Crippen LogP contribution in [0.25, 0.3) is 21.8 Å². The number of rotatable bonds is 0. The molecule has 0 bridgehead atoms. The van der Waals surface area contributed by atoms with Crippen molar-refractivity contribution in [3.63, 3.8) is 0 Å². The first-order chi connectivity index (χ1) is 8.95. The SMILES string of the molecule is N.O=S(=O)(O)O.[Fe].c1cnc2c(c1)ccc1cccnc12. The molecule has 3 rings (SSSR count). The Balaban J connectivity index is 0.000000507. The summed E-state index contributed by atoms with van der Waals surface area (Å²) < 4.78 is 31.6. The van der Waals surface area contributed by atoms with Crippen LogP contribution in [0, 0.1) is 0 Å². The fourth-order valence-electron chi connectivity index (χ4n) is 1.68. The molecule has 5 N–H and O–H groups in total. The van der Waals surface area contributed by atoms with Crippen LogP contribution >= 0.6 is 0 Å². The molecule has 0 saturated heterocycles. The van der Waals surface area contributed by atoms with Crippen molar-refractivity contribution in [2.45, 2.75) is 0 Å². The summed E-state index contributed by atoms with van der Waals surface area (Å²) in [5.41, 5.74) is 1.95. The zero-order chi connectivity index (χ0) is 13.9. The quantitative estimate of drug-likeness (QED) is 0.321. The van der Waals surface area contributed by atoms with Gasteiger partial charge >= 0.3 is 10.4 Å².